The first-order chi connectivity index (χ1) is 5.72. The second kappa shape index (κ2) is 6.88. The number of carbonyl (C=O) groups excluding carboxylic acids is 1. The summed E-state index contributed by atoms with van der Waals surface area (Å²) < 4.78 is 31.6. The van der Waals surface area contributed by atoms with Crippen molar-refractivity contribution in [1.29, 1.82) is 0 Å². The Kier molecular flexibility index (Phi) is 7.90. The fraction of sp³-hybridized carbons (Fsp3) is 0.750. The lowest BCUT2D eigenvalue weighted by atomic mass is 10.2. The van der Waals surface area contributed by atoms with Crippen LogP contribution in [0.15, 0.2) is 0 Å². The molecule has 0 aromatic carbocycles. The summed E-state index contributed by atoms with van der Waals surface area (Å²) in [7, 11) is -4.67. The first-order valence-corrected chi connectivity index (χ1v) is 4.24. The van der Waals surface area contributed by atoms with Crippen LogP contribution in [0, 0.1) is 0 Å². The van der Waals surface area contributed by atoms with Crippen molar-refractivity contribution in [1.82, 2.24) is 0 Å². The fourth-order valence-electron chi connectivity index (χ4n) is 0.199. The topological polar surface area (TPSA) is 152 Å². The van der Waals surface area contributed by atoms with Gasteiger partial charge in [0.1, 0.15) is 12.2 Å². The van der Waals surface area contributed by atoms with Crippen molar-refractivity contribution < 1.29 is 37.6 Å². The van der Waals surface area contributed by atoms with Gasteiger partial charge in [-0.05, 0) is 0 Å². The van der Waals surface area contributed by atoms with Crippen molar-refractivity contribution in [3.63, 3.8) is 0 Å². The zero-order chi connectivity index (χ0) is 11.1. The smallest absolute Gasteiger partial charge is 0.394 e. The molecule has 0 bridgehead atoms. The Labute approximate surface area is 74.0 Å². The second-order valence-electron chi connectivity index (χ2n) is 1.82. The largest absolute Gasteiger partial charge is 0.394 e. The molecule has 0 aliphatic heterocycles. The van der Waals surface area contributed by atoms with E-state index in [0.29, 0.717) is 0 Å². The Morgan fingerprint density at radius 1 is 1.23 bits per heavy atom. The molecule has 0 saturated carbocycles. The standard InChI is InChI=1S/C4H8O4.H2O4S/c5-1-3(7)4(8)2-6;1-5(2,3)4/h1,3-4,6-8H,2H2;(H2,1,2,3,4). The van der Waals surface area contributed by atoms with Crippen LogP contribution >= 0.6 is 0 Å². The first kappa shape index (κ1) is 14.9. The maximum absolute atomic E-state index is 9.58. The average Bonchev–Trinajstić information content (AvgIpc) is 1.98. The van der Waals surface area contributed by atoms with Crippen LogP contribution in [0.2, 0.25) is 0 Å². The van der Waals surface area contributed by atoms with Gasteiger partial charge in [0, 0.05) is 0 Å². The predicted octanol–water partition coefficient (Wildman–Crippen LogP) is -2.75. The lowest BCUT2D eigenvalue weighted by Gasteiger charge is -2.06. The number of rotatable bonds is 3. The fourth-order valence-corrected chi connectivity index (χ4v) is 0.199. The molecule has 0 saturated heterocycles. The summed E-state index contributed by atoms with van der Waals surface area (Å²) in [6.45, 7) is -0.597. The molecule has 0 aliphatic rings. The van der Waals surface area contributed by atoms with Gasteiger partial charge in [0.2, 0.25) is 0 Å². The van der Waals surface area contributed by atoms with Gasteiger partial charge in [-0.3, -0.25) is 9.11 Å². The monoisotopic (exact) mass is 218 g/mol. The number of aliphatic hydroxyl groups is 3. The lowest BCUT2D eigenvalue weighted by molar-refractivity contribution is -0.121. The molecule has 0 spiro atoms. The van der Waals surface area contributed by atoms with Gasteiger partial charge in [-0.15, -0.1) is 0 Å². The summed E-state index contributed by atoms with van der Waals surface area (Å²) in [4.78, 5) is 9.58. The highest BCUT2D eigenvalue weighted by atomic mass is 32.3. The van der Waals surface area contributed by atoms with Crippen LogP contribution in [0.25, 0.3) is 0 Å². The predicted molar refractivity (Wildman–Crippen MR) is 39.3 cm³/mol. The Morgan fingerprint density at radius 2 is 1.54 bits per heavy atom. The van der Waals surface area contributed by atoms with Crippen LogP contribution in [-0.4, -0.2) is 57.9 Å². The molecule has 2 atom stereocenters. The second-order valence-corrected chi connectivity index (χ2v) is 2.72. The number of aliphatic hydroxyl groups excluding tert-OH is 3. The maximum Gasteiger partial charge on any atom is 0.394 e. The van der Waals surface area contributed by atoms with Crippen molar-refractivity contribution in [3.8, 4) is 0 Å². The summed E-state index contributed by atoms with van der Waals surface area (Å²) in [5.74, 6) is 0. The molecule has 0 aromatic heterocycles. The number of hydrogen-bond acceptors (Lipinski definition) is 6. The van der Waals surface area contributed by atoms with Crippen molar-refractivity contribution >= 4 is 16.7 Å². The molecule has 2 unspecified atom stereocenters. The first-order valence-electron chi connectivity index (χ1n) is 2.84. The minimum absolute atomic E-state index is 0.168. The molecule has 0 fully saturated rings. The van der Waals surface area contributed by atoms with Gasteiger partial charge in [0.25, 0.3) is 0 Å². The lowest BCUT2D eigenvalue weighted by Crippen LogP contribution is -2.30. The van der Waals surface area contributed by atoms with E-state index in [9.17, 15) is 4.79 Å². The van der Waals surface area contributed by atoms with E-state index in [2.05, 4.69) is 0 Å². The summed E-state index contributed by atoms with van der Waals surface area (Å²) in [6.07, 6.45) is -2.63. The van der Waals surface area contributed by atoms with Gasteiger partial charge in [-0.25, -0.2) is 0 Å². The molecule has 0 aromatic rings. The van der Waals surface area contributed by atoms with Gasteiger partial charge in [-0.1, -0.05) is 0 Å². The molecule has 0 heterocycles. The number of hydrogen-bond donors (Lipinski definition) is 5. The van der Waals surface area contributed by atoms with Crippen LogP contribution in [-0.2, 0) is 15.2 Å². The third kappa shape index (κ3) is 18.4. The van der Waals surface area contributed by atoms with E-state index < -0.39 is 29.2 Å². The van der Waals surface area contributed by atoms with Crippen molar-refractivity contribution in [2.45, 2.75) is 12.2 Å². The van der Waals surface area contributed by atoms with Gasteiger partial charge in [0.05, 0.1) is 6.61 Å². The zero-order valence-corrected chi connectivity index (χ0v) is 7.12. The molecule has 5 N–H and O–H groups in total. The van der Waals surface area contributed by atoms with Crippen LogP contribution in [0.5, 0.6) is 0 Å². The van der Waals surface area contributed by atoms with Crippen molar-refractivity contribution in [2.24, 2.45) is 0 Å². The van der Waals surface area contributed by atoms with E-state index in [0.717, 1.165) is 0 Å². The summed E-state index contributed by atoms with van der Waals surface area (Å²) in [6, 6.07) is 0. The summed E-state index contributed by atoms with van der Waals surface area (Å²) in [5.41, 5.74) is 0. The molecule has 80 valence electrons. The Morgan fingerprint density at radius 3 is 1.62 bits per heavy atom. The summed E-state index contributed by atoms with van der Waals surface area (Å²) >= 11 is 0. The maximum atomic E-state index is 9.58. The van der Waals surface area contributed by atoms with Crippen LogP contribution in [0.1, 0.15) is 0 Å². The number of aldehydes is 1. The molecule has 0 amide bonds. The molecule has 0 aliphatic carbocycles. The third-order valence-corrected chi connectivity index (χ3v) is 0.721. The number of carbonyl (C=O) groups is 1. The van der Waals surface area contributed by atoms with Crippen LogP contribution < -0.4 is 0 Å². The average molecular weight is 218 g/mol. The van der Waals surface area contributed by atoms with Crippen LogP contribution in [0.3, 0.4) is 0 Å². The van der Waals surface area contributed by atoms with Gasteiger partial charge >= 0.3 is 10.4 Å². The molecule has 0 radical (unpaired) electrons. The van der Waals surface area contributed by atoms with E-state index in [4.69, 9.17) is 32.8 Å². The Balaban J connectivity index is 0. The van der Waals surface area contributed by atoms with Gasteiger partial charge in [0.15, 0.2) is 6.29 Å². The molecular weight excluding hydrogens is 208 g/mol. The molecule has 13 heavy (non-hydrogen) atoms. The normalized spacial score (nSPS) is 15.2. The molecule has 9 heteroatoms. The Bertz CT molecular complexity index is 212. The highest BCUT2D eigenvalue weighted by molar-refractivity contribution is 7.79. The van der Waals surface area contributed by atoms with Gasteiger partial charge in [-0.2, -0.15) is 8.42 Å². The molecular formula is C4H10O8S. The van der Waals surface area contributed by atoms with E-state index in [1.807, 2.05) is 0 Å². The summed E-state index contributed by atoms with van der Waals surface area (Å²) in [5, 5.41) is 24.8. The van der Waals surface area contributed by atoms with E-state index in [-0.39, 0.29) is 6.29 Å². The highest BCUT2D eigenvalue weighted by Crippen LogP contribution is 1.85. The minimum atomic E-state index is -4.67. The van der Waals surface area contributed by atoms with Gasteiger partial charge < -0.3 is 20.1 Å². The van der Waals surface area contributed by atoms with Crippen molar-refractivity contribution in [3.05, 3.63) is 0 Å². The van der Waals surface area contributed by atoms with Crippen molar-refractivity contribution in [2.75, 3.05) is 6.61 Å². The van der Waals surface area contributed by atoms with E-state index >= 15 is 0 Å². The third-order valence-electron chi connectivity index (χ3n) is 0.721. The molecule has 8 nitrogen and oxygen atoms in total. The Hall–Kier alpha value is -0.580. The quantitative estimate of drug-likeness (QED) is 0.252. The highest BCUT2D eigenvalue weighted by Gasteiger charge is 2.12. The SMILES string of the molecule is O=CC(O)C(O)CO.O=S(=O)(O)O. The zero-order valence-electron chi connectivity index (χ0n) is 6.31. The minimum Gasteiger partial charge on any atom is -0.394 e. The molecule has 0 rings (SSSR count). The van der Waals surface area contributed by atoms with E-state index in [1.54, 1.807) is 0 Å². The van der Waals surface area contributed by atoms with Crippen LogP contribution in [0.4, 0.5) is 0 Å². The van der Waals surface area contributed by atoms with E-state index in [1.165, 1.54) is 0 Å².